The fourth-order valence-electron chi connectivity index (χ4n) is 2.07. The first kappa shape index (κ1) is 14.5. The van der Waals surface area contributed by atoms with Crippen LogP contribution in [0.25, 0.3) is 0 Å². The zero-order chi connectivity index (χ0) is 13.5. The maximum absolute atomic E-state index is 12.0. The second-order valence-corrected chi connectivity index (χ2v) is 6.23. The fraction of sp³-hybridized carbons (Fsp3) is 0.500. The molecule has 5 heteroatoms. The van der Waals surface area contributed by atoms with Crippen LogP contribution in [0.2, 0.25) is 5.02 Å². The highest BCUT2D eigenvalue weighted by atomic mass is 35.5. The highest BCUT2D eigenvalue weighted by Gasteiger charge is 2.14. The van der Waals surface area contributed by atoms with E-state index in [2.05, 4.69) is 5.32 Å². The van der Waals surface area contributed by atoms with Gasteiger partial charge in [-0.15, -0.1) is 0 Å². The molecule has 1 heterocycles. The van der Waals surface area contributed by atoms with Gasteiger partial charge in [-0.3, -0.25) is 0 Å². The summed E-state index contributed by atoms with van der Waals surface area (Å²) in [6, 6.07) is 7.82. The number of nitrogens with zero attached hydrogens (tertiary/aromatic N) is 1. The van der Waals surface area contributed by atoms with Gasteiger partial charge in [0.2, 0.25) is 0 Å². The van der Waals surface area contributed by atoms with Crippen molar-refractivity contribution >= 4 is 29.4 Å². The summed E-state index contributed by atoms with van der Waals surface area (Å²) in [4.78, 5) is 13.9. The maximum atomic E-state index is 12.0. The van der Waals surface area contributed by atoms with Gasteiger partial charge in [0.1, 0.15) is 0 Å². The monoisotopic (exact) mass is 298 g/mol. The molecule has 0 spiro atoms. The molecule has 0 bridgehead atoms. The molecule has 1 aliphatic rings. The Morgan fingerprint density at radius 2 is 2.26 bits per heavy atom. The normalized spacial score (nSPS) is 15.9. The van der Waals surface area contributed by atoms with E-state index < -0.39 is 0 Å². The van der Waals surface area contributed by atoms with Crippen molar-refractivity contribution in [3.8, 4) is 0 Å². The smallest absolute Gasteiger partial charge is 0.317 e. The Hall–Kier alpha value is -0.870. The number of rotatable bonds is 3. The summed E-state index contributed by atoms with van der Waals surface area (Å²) in [6.07, 6.45) is 1.90. The number of carbonyl (C=O) groups excluding carboxylic acids is 1. The molecule has 2 amide bonds. The van der Waals surface area contributed by atoms with Gasteiger partial charge < -0.3 is 10.2 Å². The molecule has 1 aromatic rings. The van der Waals surface area contributed by atoms with Crippen LogP contribution in [0.3, 0.4) is 0 Å². The first-order valence-electron chi connectivity index (χ1n) is 6.60. The van der Waals surface area contributed by atoms with Gasteiger partial charge in [-0.05, 0) is 36.3 Å². The number of nitrogens with one attached hydrogen (secondary N) is 1. The quantitative estimate of drug-likeness (QED) is 0.930. The minimum Gasteiger partial charge on any atom is -0.338 e. The van der Waals surface area contributed by atoms with Crippen LogP contribution in [0, 0.1) is 0 Å². The molecule has 2 rings (SSSR count). The van der Waals surface area contributed by atoms with Crippen molar-refractivity contribution in [2.24, 2.45) is 0 Å². The predicted molar refractivity (Wildman–Crippen MR) is 82.1 cm³/mol. The van der Waals surface area contributed by atoms with E-state index >= 15 is 0 Å². The zero-order valence-corrected chi connectivity index (χ0v) is 12.5. The lowest BCUT2D eigenvalue weighted by molar-refractivity contribution is 0.202. The van der Waals surface area contributed by atoms with E-state index in [1.165, 1.54) is 0 Å². The van der Waals surface area contributed by atoms with Gasteiger partial charge in [-0.1, -0.05) is 23.7 Å². The largest absolute Gasteiger partial charge is 0.338 e. The van der Waals surface area contributed by atoms with Crippen LogP contribution in [0.1, 0.15) is 12.0 Å². The lowest BCUT2D eigenvalue weighted by atomic mass is 10.1. The molecule has 0 atom stereocenters. The van der Waals surface area contributed by atoms with Crippen molar-refractivity contribution < 1.29 is 4.79 Å². The third kappa shape index (κ3) is 4.96. The van der Waals surface area contributed by atoms with Gasteiger partial charge in [-0.25, -0.2) is 4.79 Å². The molecule has 19 heavy (non-hydrogen) atoms. The fourth-order valence-corrected chi connectivity index (χ4v) is 3.17. The van der Waals surface area contributed by atoms with E-state index in [-0.39, 0.29) is 6.03 Å². The summed E-state index contributed by atoms with van der Waals surface area (Å²) < 4.78 is 0. The van der Waals surface area contributed by atoms with Crippen molar-refractivity contribution in [2.45, 2.75) is 12.8 Å². The summed E-state index contributed by atoms with van der Waals surface area (Å²) in [5.41, 5.74) is 1.15. The van der Waals surface area contributed by atoms with Gasteiger partial charge in [0.25, 0.3) is 0 Å². The number of carbonyl (C=O) groups is 1. The zero-order valence-electron chi connectivity index (χ0n) is 10.9. The number of benzene rings is 1. The molecule has 1 aromatic carbocycles. The lowest BCUT2D eigenvalue weighted by Gasteiger charge is -2.20. The average molecular weight is 299 g/mol. The number of amides is 2. The summed E-state index contributed by atoms with van der Waals surface area (Å²) in [7, 11) is 0. The Morgan fingerprint density at radius 1 is 1.37 bits per heavy atom. The topological polar surface area (TPSA) is 32.3 Å². The van der Waals surface area contributed by atoms with Gasteiger partial charge in [-0.2, -0.15) is 11.8 Å². The van der Waals surface area contributed by atoms with Crippen LogP contribution >= 0.6 is 23.4 Å². The van der Waals surface area contributed by atoms with E-state index in [0.29, 0.717) is 6.54 Å². The molecule has 0 unspecified atom stereocenters. The molecular weight excluding hydrogens is 280 g/mol. The van der Waals surface area contributed by atoms with Crippen molar-refractivity contribution in [1.82, 2.24) is 10.2 Å². The van der Waals surface area contributed by atoms with Crippen LogP contribution in [-0.2, 0) is 6.42 Å². The molecule has 0 saturated carbocycles. The lowest BCUT2D eigenvalue weighted by Crippen LogP contribution is -2.41. The van der Waals surface area contributed by atoms with Crippen molar-refractivity contribution in [1.29, 1.82) is 0 Å². The molecule has 1 saturated heterocycles. The second kappa shape index (κ2) is 7.65. The number of hydrogen-bond donors (Lipinski definition) is 1. The first-order valence-corrected chi connectivity index (χ1v) is 8.14. The van der Waals surface area contributed by atoms with Crippen LogP contribution in [0.5, 0.6) is 0 Å². The maximum Gasteiger partial charge on any atom is 0.317 e. The van der Waals surface area contributed by atoms with E-state index in [0.717, 1.165) is 48.0 Å². The van der Waals surface area contributed by atoms with Crippen LogP contribution in [0.15, 0.2) is 24.3 Å². The third-order valence-corrected chi connectivity index (χ3v) is 4.37. The Labute approximate surface area is 123 Å². The molecule has 0 aromatic heterocycles. The van der Waals surface area contributed by atoms with E-state index in [1.54, 1.807) is 0 Å². The molecule has 104 valence electrons. The molecule has 1 fully saturated rings. The van der Waals surface area contributed by atoms with Gasteiger partial charge in [0.15, 0.2) is 0 Å². The van der Waals surface area contributed by atoms with Gasteiger partial charge >= 0.3 is 6.03 Å². The standard InChI is InChI=1S/C14H19ClN2OS/c15-13-4-1-3-12(11-13)5-6-16-14(18)17-7-2-9-19-10-8-17/h1,3-4,11H,2,5-10H2,(H,16,18). The van der Waals surface area contributed by atoms with E-state index in [9.17, 15) is 4.79 Å². The Bertz CT molecular complexity index is 420. The van der Waals surface area contributed by atoms with Crippen molar-refractivity contribution in [3.05, 3.63) is 34.9 Å². The predicted octanol–water partition coefficient (Wildman–Crippen LogP) is 3.03. The molecule has 1 N–H and O–H groups in total. The molecule has 0 aliphatic carbocycles. The Morgan fingerprint density at radius 3 is 3.11 bits per heavy atom. The highest BCUT2D eigenvalue weighted by Crippen LogP contribution is 2.11. The average Bonchev–Trinajstić information content (AvgIpc) is 2.67. The second-order valence-electron chi connectivity index (χ2n) is 4.56. The summed E-state index contributed by atoms with van der Waals surface area (Å²) in [5.74, 6) is 2.20. The van der Waals surface area contributed by atoms with Crippen LogP contribution in [-0.4, -0.2) is 42.1 Å². The molecule has 1 aliphatic heterocycles. The summed E-state index contributed by atoms with van der Waals surface area (Å²) in [6.45, 7) is 2.38. The number of urea groups is 1. The minimum atomic E-state index is 0.0597. The number of hydrogen-bond acceptors (Lipinski definition) is 2. The number of halogens is 1. The first-order chi connectivity index (χ1) is 9.25. The minimum absolute atomic E-state index is 0.0597. The van der Waals surface area contributed by atoms with Crippen LogP contribution < -0.4 is 5.32 Å². The van der Waals surface area contributed by atoms with Crippen molar-refractivity contribution in [3.63, 3.8) is 0 Å². The van der Waals surface area contributed by atoms with Crippen molar-refractivity contribution in [2.75, 3.05) is 31.1 Å². The highest BCUT2D eigenvalue weighted by molar-refractivity contribution is 7.99. The molecule has 0 radical (unpaired) electrons. The third-order valence-electron chi connectivity index (χ3n) is 3.09. The summed E-state index contributed by atoms with van der Waals surface area (Å²) in [5, 5.41) is 3.73. The van der Waals surface area contributed by atoms with E-state index in [4.69, 9.17) is 11.6 Å². The summed E-state index contributed by atoms with van der Waals surface area (Å²) >= 11 is 7.85. The van der Waals surface area contributed by atoms with Crippen LogP contribution in [0.4, 0.5) is 4.79 Å². The Kier molecular flexibility index (Phi) is 5.86. The SMILES string of the molecule is O=C(NCCc1cccc(Cl)c1)N1CCCSCC1. The molecule has 3 nitrogen and oxygen atoms in total. The van der Waals surface area contributed by atoms with Gasteiger partial charge in [0, 0.05) is 30.4 Å². The molecular formula is C14H19ClN2OS. The Balaban J connectivity index is 1.74. The number of thioether (sulfide) groups is 1. The van der Waals surface area contributed by atoms with E-state index in [1.807, 2.05) is 40.9 Å². The van der Waals surface area contributed by atoms with Gasteiger partial charge in [0.05, 0.1) is 0 Å².